The maximum atomic E-state index is 13.5. The number of hydrogen-bond acceptors (Lipinski definition) is 6. The van der Waals surface area contributed by atoms with Crippen LogP contribution in [-0.2, 0) is 11.6 Å². The van der Waals surface area contributed by atoms with Gasteiger partial charge in [-0.15, -0.1) is 0 Å². The third-order valence-corrected chi connectivity index (χ3v) is 5.10. The van der Waals surface area contributed by atoms with Crippen molar-refractivity contribution in [1.82, 2.24) is 19.9 Å². The first kappa shape index (κ1) is 22.4. The fourth-order valence-corrected chi connectivity index (χ4v) is 3.36. The van der Waals surface area contributed by atoms with Gasteiger partial charge in [-0.25, -0.2) is 4.98 Å². The number of fused-ring (bicyclic) bond motifs is 1. The molecule has 0 bridgehead atoms. The molecule has 0 unspecified atom stereocenters. The minimum atomic E-state index is -4.55. The Kier molecular flexibility index (Phi) is 5.65. The van der Waals surface area contributed by atoms with Gasteiger partial charge in [-0.05, 0) is 41.3 Å². The van der Waals surface area contributed by atoms with Crippen LogP contribution in [0, 0.1) is 0 Å². The topological polar surface area (TPSA) is 72.8 Å². The summed E-state index contributed by atoms with van der Waals surface area (Å²) in [5.41, 5.74) is 1.82. The van der Waals surface area contributed by atoms with Crippen molar-refractivity contribution in [2.45, 2.75) is 32.4 Å². The van der Waals surface area contributed by atoms with Crippen molar-refractivity contribution < 1.29 is 17.9 Å². The van der Waals surface area contributed by atoms with E-state index in [0.29, 0.717) is 16.9 Å². The lowest BCUT2D eigenvalue weighted by atomic mass is 9.87. The van der Waals surface area contributed by atoms with Gasteiger partial charge in [0.2, 0.25) is 0 Å². The quantitative estimate of drug-likeness (QED) is 0.399. The Hall–Kier alpha value is -3.75. The predicted molar refractivity (Wildman–Crippen MR) is 121 cm³/mol. The standard InChI is InChI=1S/C24H22F3N5O/c1-23(2,3)15-7-9-16(10-8-15)30-21-20-18(31-22(32-21)33-4)12-14(13-29-20)19-17(24(25,26)27)6-5-11-28-19/h5-13H,1-4H3,(H,30,31,32). The average Bonchev–Trinajstić information content (AvgIpc) is 2.77. The summed E-state index contributed by atoms with van der Waals surface area (Å²) in [4.78, 5) is 16.9. The summed E-state index contributed by atoms with van der Waals surface area (Å²) in [7, 11) is 1.42. The highest BCUT2D eigenvalue weighted by molar-refractivity contribution is 5.90. The Labute approximate surface area is 188 Å². The summed E-state index contributed by atoms with van der Waals surface area (Å²) in [6.07, 6.45) is -1.90. The van der Waals surface area contributed by atoms with Crippen LogP contribution < -0.4 is 10.1 Å². The number of rotatable bonds is 4. The van der Waals surface area contributed by atoms with Crippen LogP contribution in [0.15, 0.2) is 54.9 Å². The highest BCUT2D eigenvalue weighted by Gasteiger charge is 2.34. The van der Waals surface area contributed by atoms with Gasteiger partial charge in [0.15, 0.2) is 5.82 Å². The van der Waals surface area contributed by atoms with E-state index in [1.165, 1.54) is 37.2 Å². The van der Waals surface area contributed by atoms with E-state index in [1.807, 2.05) is 24.3 Å². The first-order chi connectivity index (χ1) is 15.6. The van der Waals surface area contributed by atoms with Crippen LogP contribution in [0.3, 0.4) is 0 Å². The van der Waals surface area contributed by atoms with E-state index in [2.05, 4.69) is 46.0 Å². The van der Waals surface area contributed by atoms with Crippen LogP contribution in [-0.4, -0.2) is 27.0 Å². The number of anilines is 2. The molecular formula is C24H22F3N5O. The SMILES string of the molecule is COc1nc(Nc2ccc(C(C)(C)C)cc2)c2ncc(-c3ncccc3C(F)(F)F)cc2n1. The Morgan fingerprint density at radius 1 is 0.939 bits per heavy atom. The van der Waals surface area contributed by atoms with Gasteiger partial charge < -0.3 is 10.1 Å². The molecule has 0 amide bonds. The van der Waals surface area contributed by atoms with Crippen LogP contribution in [0.1, 0.15) is 31.9 Å². The number of benzene rings is 1. The van der Waals surface area contributed by atoms with Crippen molar-refractivity contribution in [2.24, 2.45) is 0 Å². The number of halogens is 3. The molecule has 3 heterocycles. The minimum absolute atomic E-state index is 0.0159. The molecule has 170 valence electrons. The van der Waals surface area contributed by atoms with Crippen LogP contribution in [0.4, 0.5) is 24.7 Å². The molecule has 0 atom stereocenters. The number of hydrogen-bond donors (Lipinski definition) is 1. The molecule has 3 aromatic heterocycles. The summed E-state index contributed by atoms with van der Waals surface area (Å²) in [5.74, 6) is 0.379. The Bertz CT molecular complexity index is 1300. The Morgan fingerprint density at radius 2 is 1.67 bits per heavy atom. The van der Waals surface area contributed by atoms with E-state index in [4.69, 9.17) is 4.74 Å². The van der Waals surface area contributed by atoms with Crippen molar-refractivity contribution in [3.8, 4) is 17.3 Å². The van der Waals surface area contributed by atoms with Crippen molar-refractivity contribution >= 4 is 22.5 Å². The Morgan fingerprint density at radius 3 is 2.30 bits per heavy atom. The number of pyridine rings is 2. The van der Waals surface area contributed by atoms with Crippen molar-refractivity contribution in [3.05, 3.63) is 66.0 Å². The van der Waals surface area contributed by atoms with E-state index < -0.39 is 11.7 Å². The maximum absolute atomic E-state index is 13.5. The molecule has 0 saturated heterocycles. The second-order valence-corrected chi connectivity index (χ2v) is 8.50. The Balaban J connectivity index is 1.77. The molecule has 0 fully saturated rings. The zero-order chi connectivity index (χ0) is 23.8. The molecule has 0 aliphatic rings. The third-order valence-electron chi connectivity index (χ3n) is 5.10. The van der Waals surface area contributed by atoms with Gasteiger partial charge >= 0.3 is 12.2 Å². The van der Waals surface area contributed by atoms with Gasteiger partial charge in [0.25, 0.3) is 0 Å². The van der Waals surface area contributed by atoms with Crippen LogP contribution >= 0.6 is 0 Å². The molecule has 0 saturated carbocycles. The van der Waals surface area contributed by atoms with Crippen molar-refractivity contribution in [3.63, 3.8) is 0 Å². The predicted octanol–water partition coefficient (Wildman–Crippen LogP) is 6.16. The zero-order valence-electron chi connectivity index (χ0n) is 18.5. The van der Waals surface area contributed by atoms with Gasteiger partial charge in [0, 0.05) is 23.6 Å². The number of methoxy groups -OCH3 is 1. The van der Waals surface area contributed by atoms with E-state index >= 15 is 0 Å². The summed E-state index contributed by atoms with van der Waals surface area (Å²) in [6.45, 7) is 6.39. The maximum Gasteiger partial charge on any atom is 0.418 e. The van der Waals surface area contributed by atoms with E-state index in [1.54, 1.807) is 0 Å². The number of nitrogens with zero attached hydrogens (tertiary/aromatic N) is 4. The third kappa shape index (κ3) is 4.72. The fraction of sp³-hybridized carbons (Fsp3) is 0.250. The van der Waals surface area contributed by atoms with E-state index in [0.717, 1.165) is 11.8 Å². The lowest BCUT2D eigenvalue weighted by Gasteiger charge is -2.19. The van der Waals surface area contributed by atoms with Gasteiger partial charge in [-0.2, -0.15) is 23.1 Å². The summed E-state index contributed by atoms with van der Waals surface area (Å²) >= 11 is 0. The molecule has 9 heteroatoms. The molecule has 0 spiro atoms. The van der Waals surface area contributed by atoms with Gasteiger partial charge in [0.1, 0.15) is 5.52 Å². The second-order valence-electron chi connectivity index (χ2n) is 8.50. The average molecular weight is 453 g/mol. The van der Waals surface area contributed by atoms with Gasteiger partial charge in [-0.3, -0.25) is 4.98 Å². The molecule has 33 heavy (non-hydrogen) atoms. The molecule has 1 N–H and O–H groups in total. The summed E-state index contributed by atoms with van der Waals surface area (Å²) in [5, 5.41) is 3.21. The van der Waals surface area contributed by atoms with Crippen molar-refractivity contribution in [2.75, 3.05) is 12.4 Å². The number of ether oxygens (including phenoxy) is 1. The highest BCUT2D eigenvalue weighted by atomic mass is 19.4. The van der Waals surface area contributed by atoms with E-state index in [9.17, 15) is 13.2 Å². The number of alkyl halides is 3. The lowest BCUT2D eigenvalue weighted by molar-refractivity contribution is -0.137. The summed E-state index contributed by atoms with van der Waals surface area (Å²) < 4.78 is 45.6. The first-order valence-corrected chi connectivity index (χ1v) is 10.2. The zero-order valence-corrected chi connectivity index (χ0v) is 18.5. The van der Waals surface area contributed by atoms with E-state index in [-0.39, 0.29) is 22.7 Å². The van der Waals surface area contributed by atoms with Crippen LogP contribution in [0.25, 0.3) is 22.3 Å². The normalized spacial score (nSPS) is 12.1. The molecule has 0 aliphatic carbocycles. The second kappa shape index (κ2) is 8.31. The van der Waals surface area contributed by atoms with Gasteiger partial charge in [0.05, 0.1) is 23.9 Å². The molecule has 4 aromatic rings. The minimum Gasteiger partial charge on any atom is -0.467 e. The lowest BCUT2D eigenvalue weighted by Crippen LogP contribution is -2.10. The van der Waals surface area contributed by atoms with Crippen LogP contribution in [0.2, 0.25) is 0 Å². The number of nitrogens with one attached hydrogen (secondary N) is 1. The molecule has 4 rings (SSSR count). The first-order valence-electron chi connectivity index (χ1n) is 10.2. The summed E-state index contributed by atoms with van der Waals surface area (Å²) in [6, 6.07) is 11.7. The molecule has 1 aromatic carbocycles. The monoisotopic (exact) mass is 453 g/mol. The molecule has 6 nitrogen and oxygen atoms in total. The smallest absolute Gasteiger partial charge is 0.418 e. The molecule has 0 aliphatic heterocycles. The van der Waals surface area contributed by atoms with Gasteiger partial charge in [-0.1, -0.05) is 32.9 Å². The van der Waals surface area contributed by atoms with Crippen LogP contribution in [0.5, 0.6) is 6.01 Å². The van der Waals surface area contributed by atoms with Crippen molar-refractivity contribution in [1.29, 1.82) is 0 Å². The number of aromatic nitrogens is 4. The highest BCUT2D eigenvalue weighted by Crippen LogP contribution is 2.36. The fourth-order valence-electron chi connectivity index (χ4n) is 3.36. The largest absolute Gasteiger partial charge is 0.467 e. The molecular weight excluding hydrogens is 431 g/mol. The molecule has 0 radical (unpaired) electrons.